The summed E-state index contributed by atoms with van der Waals surface area (Å²) in [4.78, 5) is 25.3. The van der Waals surface area contributed by atoms with E-state index in [0.29, 0.717) is 17.3 Å². The molecule has 1 N–H and O–H groups in total. The minimum absolute atomic E-state index is 0.116. The fourth-order valence-electron chi connectivity index (χ4n) is 5.09. The predicted molar refractivity (Wildman–Crippen MR) is 150 cm³/mol. The van der Waals surface area contributed by atoms with Crippen molar-refractivity contribution in [2.75, 3.05) is 18.0 Å². The van der Waals surface area contributed by atoms with Crippen molar-refractivity contribution in [1.29, 1.82) is 0 Å². The van der Waals surface area contributed by atoms with E-state index in [2.05, 4.69) is 64.6 Å². The quantitative estimate of drug-likeness (QED) is 0.326. The highest BCUT2D eigenvalue weighted by Crippen LogP contribution is 2.29. The molecule has 188 valence electrons. The second kappa shape index (κ2) is 11.4. The molecule has 1 saturated heterocycles. The molecular formula is C32H34N4O. The Morgan fingerprint density at radius 3 is 2.38 bits per heavy atom. The molecule has 5 rings (SSSR count). The molecule has 0 bridgehead atoms. The van der Waals surface area contributed by atoms with Crippen molar-refractivity contribution in [2.24, 2.45) is 5.92 Å². The van der Waals surface area contributed by atoms with Crippen LogP contribution in [-0.2, 0) is 6.42 Å². The highest BCUT2D eigenvalue weighted by molar-refractivity contribution is 5.99. The Morgan fingerprint density at radius 1 is 0.973 bits per heavy atom. The lowest BCUT2D eigenvalue weighted by molar-refractivity contribution is 0.0939. The molecule has 3 aromatic carbocycles. The fraction of sp³-hybridized carbons (Fsp3) is 0.281. The van der Waals surface area contributed by atoms with Crippen molar-refractivity contribution in [3.05, 3.63) is 113 Å². The van der Waals surface area contributed by atoms with Crippen LogP contribution < -0.4 is 10.2 Å². The van der Waals surface area contributed by atoms with Crippen molar-refractivity contribution in [3.63, 3.8) is 0 Å². The van der Waals surface area contributed by atoms with Gasteiger partial charge in [-0.15, -0.1) is 0 Å². The van der Waals surface area contributed by atoms with Crippen LogP contribution in [0.15, 0.2) is 91.1 Å². The molecule has 0 radical (unpaired) electrons. The van der Waals surface area contributed by atoms with Gasteiger partial charge in [-0.1, -0.05) is 84.4 Å². The summed E-state index contributed by atoms with van der Waals surface area (Å²) in [5.41, 5.74) is 5.10. The number of anilines is 1. The van der Waals surface area contributed by atoms with Crippen LogP contribution in [-0.4, -0.2) is 29.0 Å². The first-order valence-electron chi connectivity index (χ1n) is 13.2. The number of nitrogens with one attached hydrogen (secondary N) is 1. The lowest BCUT2D eigenvalue weighted by Gasteiger charge is -2.34. The van der Waals surface area contributed by atoms with Crippen molar-refractivity contribution >= 4 is 11.7 Å². The molecule has 37 heavy (non-hydrogen) atoms. The van der Waals surface area contributed by atoms with E-state index in [9.17, 15) is 4.79 Å². The van der Waals surface area contributed by atoms with E-state index in [1.54, 1.807) is 6.20 Å². The van der Waals surface area contributed by atoms with Gasteiger partial charge in [0.05, 0.1) is 6.04 Å². The molecule has 0 aliphatic carbocycles. The van der Waals surface area contributed by atoms with Gasteiger partial charge in [0.15, 0.2) is 5.82 Å². The number of amides is 1. The average Bonchev–Trinajstić information content (AvgIpc) is 2.94. The molecule has 0 unspecified atom stereocenters. The first-order valence-corrected chi connectivity index (χ1v) is 13.2. The number of piperidine rings is 1. The summed E-state index contributed by atoms with van der Waals surface area (Å²) < 4.78 is 0. The number of carbonyl (C=O) groups is 1. The minimum Gasteiger partial charge on any atom is -0.356 e. The fourth-order valence-corrected chi connectivity index (χ4v) is 5.09. The molecule has 1 aliphatic heterocycles. The Bertz CT molecular complexity index is 1330. The van der Waals surface area contributed by atoms with E-state index >= 15 is 0 Å². The van der Waals surface area contributed by atoms with Gasteiger partial charge < -0.3 is 10.2 Å². The maximum atomic E-state index is 13.5. The number of rotatable bonds is 7. The van der Waals surface area contributed by atoms with Gasteiger partial charge in [-0.25, -0.2) is 9.97 Å². The zero-order valence-corrected chi connectivity index (χ0v) is 21.6. The Labute approximate surface area is 219 Å². The first kappa shape index (κ1) is 24.7. The van der Waals surface area contributed by atoms with E-state index in [4.69, 9.17) is 4.98 Å². The van der Waals surface area contributed by atoms with Crippen LogP contribution in [0.3, 0.4) is 0 Å². The Morgan fingerprint density at radius 2 is 1.68 bits per heavy atom. The van der Waals surface area contributed by atoms with Gasteiger partial charge in [0.2, 0.25) is 0 Å². The first-order chi connectivity index (χ1) is 18.1. The largest absolute Gasteiger partial charge is 0.356 e. The standard InChI is InChI=1S/C32H34N4O/c1-23-10-9-15-28(20-23)30-33-22-29(32(37)34-24(2)27-13-7-4-8-14-27)31(35-30)36-18-16-26(17-19-36)21-25-11-5-3-6-12-25/h3-15,20,22,24,26H,16-19,21H2,1-2H3,(H,34,37)/t24-/m1/s1. The Balaban J connectivity index is 1.39. The van der Waals surface area contributed by atoms with Crippen LogP contribution in [0.2, 0.25) is 0 Å². The van der Waals surface area contributed by atoms with Crippen molar-refractivity contribution < 1.29 is 4.79 Å². The summed E-state index contributed by atoms with van der Waals surface area (Å²) in [6, 6.07) is 28.8. The van der Waals surface area contributed by atoms with Gasteiger partial charge in [0.25, 0.3) is 5.91 Å². The lowest BCUT2D eigenvalue weighted by Crippen LogP contribution is -2.37. The maximum Gasteiger partial charge on any atom is 0.257 e. The number of hydrogen-bond acceptors (Lipinski definition) is 4. The van der Waals surface area contributed by atoms with E-state index in [1.807, 2.05) is 49.4 Å². The summed E-state index contributed by atoms with van der Waals surface area (Å²) in [5.74, 6) is 1.86. The predicted octanol–water partition coefficient (Wildman–Crippen LogP) is 6.40. The van der Waals surface area contributed by atoms with Gasteiger partial charge in [-0.2, -0.15) is 0 Å². The van der Waals surface area contributed by atoms with Gasteiger partial charge in [0, 0.05) is 24.8 Å². The second-order valence-electron chi connectivity index (χ2n) is 10.0. The molecule has 0 spiro atoms. The zero-order valence-electron chi connectivity index (χ0n) is 21.6. The minimum atomic E-state index is -0.145. The smallest absolute Gasteiger partial charge is 0.257 e. The van der Waals surface area contributed by atoms with Crippen LogP contribution in [0.25, 0.3) is 11.4 Å². The number of aromatic nitrogens is 2. The molecule has 4 aromatic rings. The number of aryl methyl sites for hydroxylation is 1. The monoisotopic (exact) mass is 490 g/mol. The molecule has 0 saturated carbocycles. The summed E-state index contributed by atoms with van der Waals surface area (Å²) in [7, 11) is 0. The maximum absolute atomic E-state index is 13.5. The van der Waals surface area contributed by atoms with Crippen molar-refractivity contribution in [1.82, 2.24) is 15.3 Å². The molecule has 2 heterocycles. The summed E-state index contributed by atoms with van der Waals surface area (Å²) >= 11 is 0. The van der Waals surface area contributed by atoms with Gasteiger partial charge in [-0.3, -0.25) is 4.79 Å². The summed E-state index contributed by atoms with van der Waals surface area (Å²) in [6.07, 6.45) is 4.93. The summed E-state index contributed by atoms with van der Waals surface area (Å²) in [5, 5.41) is 3.16. The Hall–Kier alpha value is -3.99. The zero-order chi connectivity index (χ0) is 25.6. The molecular weight excluding hydrogens is 456 g/mol. The molecule has 1 fully saturated rings. The topological polar surface area (TPSA) is 58.1 Å². The third-order valence-electron chi connectivity index (χ3n) is 7.22. The third kappa shape index (κ3) is 6.05. The molecule has 1 atom stereocenters. The highest BCUT2D eigenvalue weighted by Gasteiger charge is 2.26. The van der Waals surface area contributed by atoms with Crippen LogP contribution in [0.4, 0.5) is 5.82 Å². The highest BCUT2D eigenvalue weighted by atomic mass is 16.1. The number of benzene rings is 3. The van der Waals surface area contributed by atoms with Gasteiger partial charge >= 0.3 is 0 Å². The van der Waals surface area contributed by atoms with Gasteiger partial charge in [0.1, 0.15) is 11.4 Å². The number of carbonyl (C=O) groups excluding carboxylic acids is 1. The van der Waals surface area contributed by atoms with Crippen LogP contribution in [0, 0.1) is 12.8 Å². The van der Waals surface area contributed by atoms with Crippen LogP contribution >= 0.6 is 0 Å². The van der Waals surface area contributed by atoms with E-state index in [1.165, 1.54) is 5.56 Å². The van der Waals surface area contributed by atoms with E-state index in [-0.39, 0.29) is 11.9 Å². The number of nitrogens with zero attached hydrogens (tertiary/aromatic N) is 3. The van der Waals surface area contributed by atoms with Crippen molar-refractivity contribution in [2.45, 2.75) is 39.2 Å². The van der Waals surface area contributed by atoms with E-state index in [0.717, 1.165) is 54.9 Å². The Kier molecular flexibility index (Phi) is 7.59. The lowest BCUT2D eigenvalue weighted by atomic mass is 9.90. The molecule has 5 nitrogen and oxygen atoms in total. The molecule has 1 amide bonds. The SMILES string of the molecule is Cc1cccc(-c2ncc(C(=O)N[C@H](C)c3ccccc3)c(N3CCC(Cc4ccccc4)CC3)n2)c1. The molecule has 1 aromatic heterocycles. The number of hydrogen-bond donors (Lipinski definition) is 1. The van der Waals surface area contributed by atoms with Gasteiger partial charge in [-0.05, 0) is 56.2 Å². The third-order valence-corrected chi connectivity index (χ3v) is 7.22. The molecule has 5 heteroatoms. The van der Waals surface area contributed by atoms with E-state index < -0.39 is 0 Å². The average molecular weight is 491 g/mol. The summed E-state index contributed by atoms with van der Waals surface area (Å²) in [6.45, 7) is 5.81. The molecule has 1 aliphatic rings. The van der Waals surface area contributed by atoms with Crippen LogP contribution in [0.1, 0.15) is 52.9 Å². The second-order valence-corrected chi connectivity index (χ2v) is 10.0. The van der Waals surface area contributed by atoms with Crippen molar-refractivity contribution in [3.8, 4) is 11.4 Å². The normalized spacial score (nSPS) is 14.8. The van der Waals surface area contributed by atoms with Crippen LogP contribution in [0.5, 0.6) is 0 Å².